The molecule has 2 amide bonds. The molecular formula is C42H49Cl2N9O4. The summed E-state index contributed by atoms with van der Waals surface area (Å²) in [5.74, 6) is 0.921. The first kappa shape index (κ1) is 41.5. The van der Waals surface area contributed by atoms with Crippen molar-refractivity contribution in [3.63, 3.8) is 0 Å². The number of hydrogen-bond acceptors (Lipinski definition) is 11. The van der Waals surface area contributed by atoms with Crippen LogP contribution in [0.3, 0.4) is 0 Å². The molecule has 6 rings (SSSR count). The number of nitrogens with zero attached hydrogens (tertiary/aromatic N) is 3. The predicted molar refractivity (Wildman–Crippen MR) is 228 cm³/mol. The van der Waals surface area contributed by atoms with E-state index in [1.807, 2.05) is 79.4 Å². The number of anilines is 2. The Balaban J connectivity index is 1.14. The third kappa shape index (κ3) is 10.0. The number of benzodiazepines with no additional fused rings is 2. The largest absolute Gasteiger partial charge is 0.497 e. The minimum atomic E-state index is -0.677. The van der Waals surface area contributed by atoms with Crippen LogP contribution in [0.4, 0.5) is 11.4 Å². The molecule has 0 aromatic heterocycles. The number of carbonyl (C=O) groups excluding carboxylic acids is 2. The number of halogens is 2. The molecule has 0 bridgehead atoms. The molecule has 9 N–H and O–H groups in total. The number of nitrogens with two attached hydrogens (primary N) is 3. The second-order valence-corrected chi connectivity index (χ2v) is 14.8. The van der Waals surface area contributed by atoms with Crippen molar-refractivity contribution in [2.75, 3.05) is 37.0 Å². The van der Waals surface area contributed by atoms with Gasteiger partial charge in [-0.1, -0.05) is 47.5 Å². The Hall–Kier alpha value is -5.18. The fourth-order valence-corrected chi connectivity index (χ4v) is 7.21. The van der Waals surface area contributed by atoms with Gasteiger partial charge < -0.3 is 47.5 Å². The molecule has 300 valence electrons. The van der Waals surface area contributed by atoms with Crippen molar-refractivity contribution in [1.29, 1.82) is 0 Å². The maximum Gasteiger partial charge on any atom is 0.222 e. The normalized spacial score (nSPS) is 19.3. The van der Waals surface area contributed by atoms with E-state index in [2.05, 4.69) is 16.0 Å². The number of benzene rings is 4. The third-order valence-corrected chi connectivity index (χ3v) is 10.3. The summed E-state index contributed by atoms with van der Waals surface area (Å²) in [7, 11) is 1.61. The van der Waals surface area contributed by atoms with Crippen LogP contribution in [-0.2, 0) is 9.59 Å². The van der Waals surface area contributed by atoms with E-state index in [1.165, 1.54) is 0 Å². The summed E-state index contributed by atoms with van der Waals surface area (Å²) in [6, 6.07) is 24.9. The quantitative estimate of drug-likeness (QED) is 0.0947. The number of aliphatic imine (C=N–C) groups is 2. The number of nitrogens with one attached hydrogen (secondary N) is 3. The molecule has 57 heavy (non-hydrogen) atoms. The van der Waals surface area contributed by atoms with Gasteiger partial charge in [0, 0.05) is 56.8 Å². The SMILES string of the molecule is CCNC(=O)C[C@@H]1N=C(c2ccc(Cl)cc2)c2cc(OCCCNC(=O)C[C@@H]3N=C(c4ccc(Cl)cc4)c4cc(OC)ccc4NC3N)ccc2N(C(C)N)C1N. The van der Waals surface area contributed by atoms with Crippen LogP contribution >= 0.6 is 23.2 Å². The molecule has 4 aromatic rings. The number of methoxy groups -OCH3 is 1. The molecule has 0 spiro atoms. The van der Waals surface area contributed by atoms with E-state index in [0.717, 1.165) is 33.6 Å². The van der Waals surface area contributed by atoms with Gasteiger partial charge in [0.05, 0.1) is 62.4 Å². The molecule has 2 aliphatic rings. The van der Waals surface area contributed by atoms with Gasteiger partial charge in [0.1, 0.15) is 17.7 Å². The number of amides is 2. The zero-order valence-electron chi connectivity index (χ0n) is 32.2. The maximum absolute atomic E-state index is 13.3. The van der Waals surface area contributed by atoms with Crippen LogP contribution in [0, 0.1) is 0 Å². The monoisotopic (exact) mass is 813 g/mol. The van der Waals surface area contributed by atoms with Gasteiger partial charge in [-0.25, -0.2) is 0 Å². The lowest BCUT2D eigenvalue weighted by Gasteiger charge is -2.36. The van der Waals surface area contributed by atoms with Gasteiger partial charge in [-0.05, 0) is 80.9 Å². The summed E-state index contributed by atoms with van der Waals surface area (Å²) < 4.78 is 11.7. The average Bonchev–Trinajstić information content (AvgIpc) is 3.40. The van der Waals surface area contributed by atoms with Crippen LogP contribution in [-0.4, -0.2) is 80.6 Å². The zero-order valence-corrected chi connectivity index (χ0v) is 33.7. The van der Waals surface area contributed by atoms with Gasteiger partial charge in [-0.2, -0.15) is 0 Å². The van der Waals surface area contributed by atoms with Crippen LogP contribution in [0.25, 0.3) is 0 Å². The number of fused-ring (bicyclic) bond motifs is 2. The Kier molecular flexibility index (Phi) is 13.7. The van der Waals surface area contributed by atoms with Crippen LogP contribution < -0.4 is 47.5 Å². The summed E-state index contributed by atoms with van der Waals surface area (Å²) in [5.41, 5.74) is 26.0. The molecule has 15 heteroatoms. The Labute approximate surface area is 343 Å². The van der Waals surface area contributed by atoms with Crippen molar-refractivity contribution in [3.05, 3.63) is 117 Å². The molecule has 2 heterocycles. The topological polar surface area (TPSA) is 195 Å². The van der Waals surface area contributed by atoms with Crippen LogP contribution in [0.15, 0.2) is 94.9 Å². The van der Waals surface area contributed by atoms with E-state index < -0.39 is 30.6 Å². The lowest BCUT2D eigenvalue weighted by Crippen LogP contribution is -2.56. The highest BCUT2D eigenvalue weighted by atomic mass is 35.5. The summed E-state index contributed by atoms with van der Waals surface area (Å²) >= 11 is 12.4. The van der Waals surface area contributed by atoms with Crippen molar-refractivity contribution in [3.8, 4) is 11.5 Å². The van der Waals surface area contributed by atoms with E-state index in [9.17, 15) is 9.59 Å². The van der Waals surface area contributed by atoms with Gasteiger partial charge in [0.25, 0.3) is 0 Å². The summed E-state index contributed by atoms with van der Waals surface area (Å²) in [6.45, 7) is 4.90. The second kappa shape index (κ2) is 18.8. The van der Waals surface area contributed by atoms with E-state index >= 15 is 0 Å². The summed E-state index contributed by atoms with van der Waals surface area (Å²) in [6.07, 6.45) is -1.10. The fraction of sp³-hybridized carbons (Fsp3) is 0.333. The van der Waals surface area contributed by atoms with Gasteiger partial charge in [0.2, 0.25) is 11.8 Å². The van der Waals surface area contributed by atoms with Gasteiger partial charge in [-0.15, -0.1) is 0 Å². The smallest absolute Gasteiger partial charge is 0.222 e. The first-order chi connectivity index (χ1) is 27.4. The minimum Gasteiger partial charge on any atom is -0.497 e. The lowest BCUT2D eigenvalue weighted by molar-refractivity contribution is -0.122. The molecule has 0 radical (unpaired) electrons. The van der Waals surface area contributed by atoms with Crippen molar-refractivity contribution < 1.29 is 19.1 Å². The Bertz CT molecular complexity index is 2110. The van der Waals surface area contributed by atoms with E-state index in [-0.39, 0.29) is 24.7 Å². The summed E-state index contributed by atoms with van der Waals surface area (Å²) in [4.78, 5) is 38.0. The molecule has 3 unspecified atom stereocenters. The molecule has 0 saturated carbocycles. The number of ether oxygens (including phenoxy) is 2. The molecular weight excluding hydrogens is 765 g/mol. The van der Waals surface area contributed by atoms with Crippen molar-refractivity contribution in [2.45, 2.75) is 63.7 Å². The van der Waals surface area contributed by atoms with Crippen LogP contribution in [0.5, 0.6) is 11.5 Å². The number of rotatable bonds is 14. The van der Waals surface area contributed by atoms with E-state index in [1.54, 1.807) is 31.4 Å². The standard InChI is InChI=1S/C42H49Cl2N9O4/c1-4-48-37(54)23-35-42(47)53(24(2)45)36-17-15-30(21-32(36)40(51-35)26-8-12-28(44)13-9-26)57-19-5-18-49-38(55)22-34-41(46)52-33-16-14-29(56-3)20-31(33)39(50-34)25-6-10-27(43)11-7-25/h6-17,20-21,24,34-35,41-42,52H,4-5,18-19,22-23,45-47H2,1-3H3,(H,48,54)(H,49,55)/t24?,34-,35-,41?,42?/m0/s1. The first-order valence-corrected chi connectivity index (χ1v) is 19.7. The molecule has 13 nitrogen and oxygen atoms in total. The van der Waals surface area contributed by atoms with Gasteiger partial charge in [0.15, 0.2) is 0 Å². The second-order valence-electron chi connectivity index (χ2n) is 13.9. The number of hydrogen-bond donors (Lipinski definition) is 6. The maximum atomic E-state index is 13.3. The molecule has 5 atom stereocenters. The van der Waals surface area contributed by atoms with Crippen LogP contribution in [0.1, 0.15) is 55.4 Å². The van der Waals surface area contributed by atoms with Crippen molar-refractivity contribution in [1.82, 2.24) is 10.6 Å². The highest BCUT2D eigenvalue weighted by Gasteiger charge is 2.34. The lowest BCUT2D eigenvalue weighted by atomic mass is 9.99. The third-order valence-electron chi connectivity index (χ3n) is 9.77. The Morgan fingerprint density at radius 2 is 1.40 bits per heavy atom. The van der Waals surface area contributed by atoms with Crippen molar-refractivity contribution in [2.24, 2.45) is 27.2 Å². The molecule has 4 aromatic carbocycles. The predicted octanol–water partition coefficient (Wildman–Crippen LogP) is 5.04. The molecule has 2 aliphatic heterocycles. The van der Waals surface area contributed by atoms with Crippen molar-refractivity contribution >= 4 is 57.8 Å². The highest BCUT2D eigenvalue weighted by Crippen LogP contribution is 2.35. The van der Waals surface area contributed by atoms with Crippen LogP contribution in [0.2, 0.25) is 10.0 Å². The minimum absolute atomic E-state index is 0.0637. The van der Waals surface area contributed by atoms with E-state index in [0.29, 0.717) is 59.1 Å². The summed E-state index contributed by atoms with van der Waals surface area (Å²) in [5, 5.41) is 10.4. The zero-order chi connectivity index (χ0) is 40.6. The van der Waals surface area contributed by atoms with Gasteiger partial charge >= 0.3 is 0 Å². The molecule has 0 fully saturated rings. The molecule has 0 saturated heterocycles. The molecule has 0 aliphatic carbocycles. The Morgan fingerprint density at radius 3 is 2.04 bits per heavy atom. The van der Waals surface area contributed by atoms with Gasteiger partial charge in [-0.3, -0.25) is 19.6 Å². The average molecular weight is 815 g/mol. The number of carbonyl (C=O) groups is 2. The Morgan fingerprint density at radius 1 is 0.825 bits per heavy atom. The fourth-order valence-electron chi connectivity index (χ4n) is 6.96. The first-order valence-electron chi connectivity index (χ1n) is 18.9. The highest BCUT2D eigenvalue weighted by molar-refractivity contribution is 6.31. The van der Waals surface area contributed by atoms with E-state index in [4.69, 9.17) is 59.9 Å².